The smallest absolute Gasteiger partial charge is 0.307 e. The second-order valence-corrected chi connectivity index (χ2v) is 8.69. The zero-order valence-corrected chi connectivity index (χ0v) is 18.7. The van der Waals surface area contributed by atoms with Crippen LogP contribution in [-0.4, -0.2) is 11.1 Å². The van der Waals surface area contributed by atoms with Crippen LogP contribution in [0.5, 0.6) is 0 Å². The van der Waals surface area contributed by atoms with Crippen molar-refractivity contribution in [2.24, 2.45) is 5.92 Å². The molecule has 0 heterocycles. The Morgan fingerprint density at radius 2 is 1.55 bits per heavy atom. The van der Waals surface area contributed by atoms with Gasteiger partial charge >= 0.3 is 5.97 Å². The van der Waals surface area contributed by atoms with Gasteiger partial charge in [0.2, 0.25) is 0 Å². The Hall–Kier alpha value is -3.28. The van der Waals surface area contributed by atoms with E-state index in [4.69, 9.17) is 0 Å². The molecule has 0 aliphatic carbocycles. The fourth-order valence-electron chi connectivity index (χ4n) is 3.80. The van der Waals surface area contributed by atoms with E-state index in [2.05, 4.69) is 19.2 Å². The first-order valence-corrected chi connectivity index (χ1v) is 11.0. The summed E-state index contributed by atoms with van der Waals surface area (Å²) in [5.41, 5.74) is 3.88. The molecule has 1 atom stereocenters. The number of alkyl halides is 1. The third-order valence-electron chi connectivity index (χ3n) is 5.45. The minimum absolute atomic E-state index is 0.170. The molecule has 1 unspecified atom stereocenters. The van der Waals surface area contributed by atoms with Crippen LogP contribution in [0.3, 0.4) is 0 Å². The predicted molar refractivity (Wildman–Crippen MR) is 125 cm³/mol. The summed E-state index contributed by atoms with van der Waals surface area (Å²) in [5.74, 6) is -1.85. The summed E-state index contributed by atoms with van der Waals surface area (Å²) >= 11 is 0. The van der Waals surface area contributed by atoms with Crippen LogP contribution in [0.1, 0.15) is 49.4 Å². The monoisotopic (exact) mass is 455 g/mol. The van der Waals surface area contributed by atoms with Gasteiger partial charge in [-0.1, -0.05) is 44.2 Å². The highest BCUT2D eigenvalue weighted by molar-refractivity contribution is 5.75. The summed E-state index contributed by atoms with van der Waals surface area (Å²) in [5, 5.41) is 12.7. The number of nitrogens with one attached hydrogen (secondary N) is 1. The van der Waals surface area contributed by atoms with E-state index in [1.807, 2.05) is 6.07 Å². The second kappa shape index (κ2) is 11.0. The van der Waals surface area contributed by atoms with E-state index < -0.39 is 24.3 Å². The summed E-state index contributed by atoms with van der Waals surface area (Å²) < 4.78 is 40.7. The van der Waals surface area contributed by atoms with Crippen LogP contribution >= 0.6 is 0 Å². The zero-order chi connectivity index (χ0) is 24.0. The van der Waals surface area contributed by atoms with E-state index in [0.29, 0.717) is 34.7 Å². The zero-order valence-electron chi connectivity index (χ0n) is 18.7. The number of carboxylic acid groups (broad SMARTS) is 1. The van der Waals surface area contributed by atoms with Gasteiger partial charge in [0.25, 0.3) is 0 Å². The quantitative estimate of drug-likeness (QED) is 0.337. The topological polar surface area (TPSA) is 49.3 Å². The maximum Gasteiger partial charge on any atom is 0.307 e. The third kappa shape index (κ3) is 7.11. The first-order valence-electron chi connectivity index (χ1n) is 11.0. The Morgan fingerprint density at radius 3 is 2.12 bits per heavy atom. The molecule has 0 saturated carbocycles. The number of aliphatic carboxylic acids is 1. The summed E-state index contributed by atoms with van der Waals surface area (Å²) in [6, 6.07) is 15.5. The van der Waals surface area contributed by atoms with Crippen molar-refractivity contribution in [3.63, 3.8) is 0 Å². The Balaban J connectivity index is 2.00. The van der Waals surface area contributed by atoms with Gasteiger partial charge in [-0.2, -0.15) is 0 Å². The number of rotatable bonds is 10. The van der Waals surface area contributed by atoms with Gasteiger partial charge in [-0.25, -0.2) is 13.2 Å². The molecule has 2 N–H and O–H groups in total. The van der Waals surface area contributed by atoms with Gasteiger partial charge in [-0.05, 0) is 70.8 Å². The summed E-state index contributed by atoms with van der Waals surface area (Å²) in [7, 11) is 0. The van der Waals surface area contributed by atoms with E-state index in [0.717, 1.165) is 23.6 Å². The van der Waals surface area contributed by atoms with Gasteiger partial charge in [-0.3, -0.25) is 4.79 Å². The number of anilines is 1. The van der Waals surface area contributed by atoms with Crippen molar-refractivity contribution < 1.29 is 23.1 Å². The Morgan fingerprint density at radius 1 is 0.879 bits per heavy atom. The first-order chi connectivity index (χ1) is 15.7. The lowest BCUT2D eigenvalue weighted by Gasteiger charge is -2.23. The minimum atomic E-state index is -0.963. The number of halogens is 3. The average Bonchev–Trinajstić information content (AvgIpc) is 2.75. The molecular weight excluding hydrogens is 427 g/mol. The molecule has 3 aromatic carbocycles. The number of hydrogen-bond donors (Lipinski definition) is 2. The minimum Gasteiger partial charge on any atom is -0.481 e. The molecule has 0 aliphatic heterocycles. The molecule has 0 bridgehead atoms. The van der Waals surface area contributed by atoms with Crippen LogP contribution in [0.15, 0.2) is 60.7 Å². The van der Waals surface area contributed by atoms with Gasteiger partial charge in [0.1, 0.15) is 18.3 Å². The van der Waals surface area contributed by atoms with Crippen LogP contribution in [0.25, 0.3) is 11.1 Å². The van der Waals surface area contributed by atoms with Crippen molar-refractivity contribution in [3.8, 4) is 11.1 Å². The van der Waals surface area contributed by atoms with E-state index >= 15 is 0 Å². The predicted octanol–water partition coefficient (Wildman–Crippen LogP) is 7.32. The molecular formula is C27H28F3NO2. The van der Waals surface area contributed by atoms with Crippen LogP contribution in [0, 0.1) is 17.6 Å². The highest BCUT2D eigenvalue weighted by Gasteiger charge is 2.16. The van der Waals surface area contributed by atoms with E-state index in [-0.39, 0.29) is 12.5 Å². The molecule has 0 saturated heterocycles. The maximum atomic E-state index is 13.9. The largest absolute Gasteiger partial charge is 0.481 e. The molecule has 0 amide bonds. The molecule has 3 aromatic rings. The van der Waals surface area contributed by atoms with Gasteiger partial charge in [0.05, 0.1) is 12.5 Å². The van der Waals surface area contributed by atoms with Crippen molar-refractivity contribution in [1.82, 2.24) is 0 Å². The van der Waals surface area contributed by atoms with Crippen molar-refractivity contribution >= 4 is 11.7 Å². The molecule has 0 aromatic heterocycles. The van der Waals surface area contributed by atoms with Gasteiger partial charge in [0.15, 0.2) is 0 Å². The van der Waals surface area contributed by atoms with Crippen molar-refractivity contribution in [2.45, 2.75) is 45.8 Å². The SMILES string of the molecule is CC(C)CCC(Nc1cc(CC(=O)O)cc(-c2ccc(CF)cc2)c1)c1cc(F)cc(F)c1. The van der Waals surface area contributed by atoms with Gasteiger partial charge < -0.3 is 10.4 Å². The Kier molecular flexibility index (Phi) is 8.15. The normalized spacial score (nSPS) is 12.1. The molecule has 0 aliphatic rings. The lowest BCUT2D eigenvalue weighted by molar-refractivity contribution is -0.136. The summed E-state index contributed by atoms with van der Waals surface area (Å²) in [6.07, 6.45) is 1.31. The lowest BCUT2D eigenvalue weighted by atomic mass is 9.96. The number of carbonyl (C=O) groups is 1. The summed E-state index contributed by atoms with van der Waals surface area (Å²) in [6.45, 7) is 3.60. The van der Waals surface area contributed by atoms with Crippen molar-refractivity contribution in [2.75, 3.05) is 5.32 Å². The summed E-state index contributed by atoms with van der Waals surface area (Å²) in [4.78, 5) is 11.4. The average molecular weight is 456 g/mol. The molecule has 3 nitrogen and oxygen atoms in total. The van der Waals surface area contributed by atoms with Gasteiger partial charge in [0, 0.05) is 11.8 Å². The fraction of sp³-hybridized carbons (Fsp3) is 0.296. The highest BCUT2D eigenvalue weighted by Crippen LogP contribution is 2.31. The van der Waals surface area contributed by atoms with Crippen LogP contribution in [0.4, 0.5) is 18.9 Å². The first kappa shape index (κ1) is 24.4. The molecule has 33 heavy (non-hydrogen) atoms. The highest BCUT2D eigenvalue weighted by atomic mass is 19.1. The van der Waals surface area contributed by atoms with Crippen LogP contribution < -0.4 is 5.32 Å². The molecule has 3 rings (SSSR count). The third-order valence-corrected chi connectivity index (χ3v) is 5.45. The van der Waals surface area contributed by atoms with E-state index in [9.17, 15) is 23.1 Å². The molecule has 174 valence electrons. The number of benzene rings is 3. The van der Waals surface area contributed by atoms with Crippen LogP contribution in [0.2, 0.25) is 0 Å². The van der Waals surface area contributed by atoms with Gasteiger partial charge in [-0.15, -0.1) is 0 Å². The molecule has 0 spiro atoms. The van der Waals surface area contributed by atoms with E-state index in [1.54, 1.807) is 36.4 Å². The van der Waals surface area contributed by atoms with E-state index in [1.165, 1.54) is 12.1 Å². The maximum absolute atomic E-state index is 13.9. The molecule has 0 radical (unpaired) electrons. The number of carboxylic acids is 1. The Bertz CT molecular complexity index is 1080. The molecule has 0 fully saturated rings. The Labute approximate surface area is 192 Å². The van der Waals surface area contributed by atoms with Crippen molar-refractivity contribution in [1.29, 1.82) is 0 Å². The second-order valence-electron chi connectivity index (χ2n) is 8.69. The van der Waals surface area contributed by atoms with Crippen molar-refractivity contribution in [3.05, 3.63) is 89.0 Å². The molecule has 6 heteroatoms. The lowest BCUT2D eigenvalue weighted by Crippen LogP contribution is -2.13. The van der Waals surface area contributed by atoms with Crippen LogP contribution in [-0.2, 0) is 17.9 Å². The fourth-order valence-corrected chi connectivity index (χ4v) is 3.80. The number of hydrogen-bond acceptors (Lipinski definition) is 2. The standard InChI is InChI=1S/C27H28F3NO2/c1-17(2)3-8-26(22-12-23(29)15-24(30)13-22)31-25-10-19(11-27(32)33)9-21(14-25)20-6-4-18(16-28)5-7-20/h4-7,9-10,12-15,17,26,31H,3,8,11,16H2,1-2H3,(H,32,33).